The Morgan fingerprint density at radius 3 is 2.95 bits per heavy atom. The molecule has 0 aliphatic carbocycles. The molecule has 0 radical (unpaired) electrons. The van der Waals surface area contributed by atoms with Gasteiger partial charge in [-0.25, -0.2) is 0 Å². The normalized spacial score (nSPS) is 18.5. The van der Waals surface area contributed by atoms with Crippen LogP contribution in [0.5, 0.6) is 0 Å². The van der Waals surface area contributed by atoms with Gasteiger partial charge in [0, 0.05) is 0 Å². The molecule has 1 N–H and O–H groups in total. The van der Waals surface area contributed by atoms with Crippen molar-refractivity contribution in [2.75, 3.05) is 11.9 Å². The molecule has 0 spiro atoms. The zero-order chi connectivity index (χ0) is 13.2. The molecule has 1 aliphatic heterocycles. The number of nitrogens with one attached hydrogen (secondary N) is 1. The number of nitrogens with zero attached hydrogens (tertiary/aromatic N) is 2. The molecule has 19 heavy (non-hydrogen) atoms. The number of aromatic nitrogens is 2. The fourth-order valence-electron chi connectivity index (χ4n) is 1.99. The highest BCUT2D eigenvalue weighted by Gasteiger charge is 2.16. The summed E-state index contributed by atoms with van der Waals surface area (Å²) in [5.74, 6) is 0. The molecule has 0 saturated heterocycles. The maximum Gasteiger partial charge on any atom is 0.130 e. The van der Waals surface area contributed by atoms with E-state index < -0.39 is 0 Å². The van der Waals surface area contributed by atoms with E-state index in [4.69, 9.17) is 27.9 Å². The van der Waals surface area contributed by atoms with Gasteiger partial charge in [0.15, 0.2) is 0 Å². The van der Waals surface area contributed by atoms with Crippen LogP contribution >= 0.6 is 34.9 Å². The lowest BCUT2D eigenvalue weighted by molar-refractivity contribution is 0.135. The predicted molar refractivity (Wildman–Crippen MR) is 79.2 cm³/mol. The Balaban J connectivity index is 1.84. The summed E-state index contributed by atoms with van der Waals surface area (Å²) in [6, 6.07) is 1.69. The molecule has 1 aromatic carbocycles. The van der Waals surface area contributed by atoms with Gasteiger partial charge in [-0.05, 0) is 25.0 Å². The third-order valence-electron chi connectivity index (χ3n) is 2.97. The first-order valence-electron chi connectivity index (χ1n) is 5.90. The molecular weight excluding hydrogens is 305 g/mol. The van der Waals surface area contributed by atoms with E-state index in [1.807, 2.05) is 6.08 Å². The minimum absolute atomic E-state index is 0.151. The van der Waals surface area contributed by atoms with E-state index in [1.165, 1.54) is 0 Å². The largest absolute Gasteiger partial charge is 0.497 e. The van der Waals surface area contributed by atoms with Crippen LogP contribution in [0.15, 0.2) is 18.4 Å². The maximum atomic E-state index is 6.22. The molecule has 1 aliphatic rings. The highest BCUT2D eigenvalue weighted by molar-refractivity contribution is 7.00. The van der Waals surface area contributed by atoms with Crippen LogP contribution in [0.2, 0.25) is 10.0 Å². The smallest absolute Gasteiger partial charge is 0.130 e. The van der Waals surface area contributed by atoms with Gasteiger partial charge in [-0.1, -0.05) is 23.2 Å². The van der Waals surface area contributed by atoms with Crippen LogP contribution in [0.25, 0.3) is 11.0 Å². The van der Waals surface area contributed by atoms with Crippen LogP contribution in [-0.2, 0) is 4.74 Å². The van der Waals surface area contributed by atoms with Gasteiger partial charge in [-0.15, -0.1) is 0 Å². The van der Waals surface area contributed by atoms with E-state index in [0.717, 1.165) is 30.3 Å². The first-order chi connectivity index (χ1) is 9.25. The van der Waals surface area contributed by atoms with Gasteiger partial charge in [0.05, 0.1) is 40.3 Å². The van der Waals surface area contributed by atoms with Crippen molar-refractivity contribution >= 4 is 51.7 Å². The highest BCUT2D eigenvalue weighted by atomic mass is 35.5. The molecule has 1 unspecified atom stereocenters. The summed E-state index contributed by atoms with van der Waals surface area (Å²) in [6.07, 6.45) is 5.95. The van der Waals surface area contributed by atoms with Crippen molar-refractivity contribution in [3.63, 3.8) is 0 Å². The lowest BCUT2D eigenvalue weighted by Gasteiger charge is -2.20. The zero-order valence-electron chi connectivity index (χ0n) is 9.90. The Hall–Kier alpha value is -1.04. The number of rotatable bonds is 3. The second-order valence-corrected chi connectivity index (χ2v) is 5.61. The average Bonchev–Trinajstić information content (AvgIpc) is 2.89. The van der Waals surface area contributed by atoms with Gasteiger partial charge in [0.25, 0.3) is 0 Å². The predicted octanol–water partition coefficient (Wildman–Crippen LogP) is 4.10. The van der Waals surface area contributed by atoms with Gasteiger partial charge >= 0.3 is 0 Å². The Bertz CT molecular complexity index is 629. The third-order valence-corrected chi connectivity index (χ3v) is 4.09. The number of ether oxygens (including phenoxy) is 1. The highest BCUT2D eigenvalue weighted by Crippen LogP contribution is 2.35. The molecular formula is C12H11Cl2N3OS. The first kappa shape index (κ1) is 13.0. The summed E-state index contributed by atoms with van der Waals surface area (Å²) in [5.41, 5.74) is 2.17. The second kappa shape index (κ2) is 5.53. The standard InChI is InChI=1S/C12H11Cl2N3OS/c13-8-5-9(14)11-12(17-19-16-11)10(8)15-6-7-3-1-2-4-18-7/h2,4-5,7,15H,1,3,6H2. The molecule has 0 fully saturated rings. The van der Waals surface area contributed by atoms with Crippen LogP contribution < -0.4 is 5.32 Å². The van der Waals surface area contributed by atoms with Gasteiger partial charge < -0.3 is 10.1 Å². The quantitative estimate of drug-likeness (QED) is 0.926. The molecule has 100 valence electrons. The molecule has 1 aromatic heterocycles. The van der Waals surface area contributed by atoms with E-state index in [0.29, 0.717) is 27.6 Å². The van der Waals surface area contributed by atoms with E-state index >= 15 is 0 Å². The maximum absolute atomic E-state index is 6.22. The fraction of sp³-hybridized carbons (Fsp3) is 0.333. The van der Waals surface area contributed by atoms with Gasteiger partial charge in [-0.2, -0.15) is 8.75 Å². The average molecular weight is 316 g/mol. The molecule has 0 bridgehead atoms. The fourth-order valence-corrected chi connectivity index (χ4v) is 3.17. The number of hydrogen-bond donors (Lipinski definition) is 1. The van der Waals surface area contributed by atoms with Crippen LogP contribution in [0.3, 0.4) is 0 Å². The minimum atomic E-state index is 0.151. The molecule has 2 aromatic rings. The van der Waals surface area contributed by atoms with Crippen LogP contribution in [0.1, 0.15) is 12.8 Å². The minimum Gasteiger partial charge on any atom is -0.497 e. The van der Waals surface area contributed by atoms with Crippen molar-refractivity contribution in [1.29, 1.82) is 0 Å². The molecule has 2 heterocycles. The number of fused-ring (bicyclic) bond motifs is 1. The Morgan fingerprint density at radius 1 is 1.32 bits per heavy atom. The second-order valence-electron chi connectivity index (χ2n) is 4.26. The Kier molecular flexibility index (Phi) is 3.77. The number of benzene rings is 1. The topological polar surface area (TPSA) is 47.0 Å². The van der Waals surface area contributed by atoms with E-state index in [-0.39, 0.29) is 6.10 Å². The lowest BCUT2D eigenvalue weighted by atomic mass is 10.1. The van der Waals surface area contributed by atoms with Crippen molar-refractivity contribution < 1.29 is 4.74 Å². The number of anilines is 1. The monoisotopic (exact) mass is 315 g/mol. The lowest BCUT2D eigenvalue weighted by Crippen LogP contribution is -2.23. The summed E-state index contributed by atoms with van der Waals surface area (Å²) in [6.45, 7) is 0.679. The third kappa shape index (κ3) is 2.63. The summed E-state index contributed by atoms with van der Waals surface area (Å²) >= 11 is 13.4. The molecule has 3 rings (SSSR count). The van der Waals surface area contributed by atoms with Crippen molar-refractivity contribution in [3.05, 3.63) is 28.4 Å². The Labute approximate surface area is 124 Å². The summed E-state index contributed by atoms with van der Waals surface area (Å²) < 4.78 is 13.9. The van der Waals surface area contributed by atoms with E-state index in [9.17, 15) is 0 Å². The van der Waals surface area contributed by atoms with E-state index in [1.54, 1.807) is 12.3 Å². The van der Waals surface area contributed by atoms with Crippen molar-refractivity contribution in [2.24, 2.45) is 0 Å². The van der Waals surface area contributed by atoms with Gasteiger partial charge in [-0.3, -0.25) is 0 Å². The SMILES string of the molecule is Clc1cc(Cl)c2nsnc2c1NCC1CCC=CO1. The number of halogens is 2. The summed E-state index contributed by atoms with van der Waals surface area (Å²) in [7, 11) is 0. The Morgan fingerprint density at radius 2 is 2.16 bits per heavy atom. The molecule has 0 amide bonds. The van der Waals surface area contributed by atoms with Gasteiger partial charge in [0.2, 0.25) is 0 Å². The van der Waals surface area contributed by atoms with E-state index in [2.05, 4.69) is 14.1 Å². The van der Waals surface area contributed by atoms with Crippen LogP contribution in [-0.4, -0.2) is 21.4 Å². The van der Waals surface area contributed by atoms with Crippen molar-refractivity contribution in [1.82, 2.24) is 8.75 Å². The van der Waals surface area contributed by atoms with Crippen LogP contribution in [0, 0.1) is 0 Å². The molecule has 1 atom stereocenters. The van der Waals surface area contributed by atoms with Gasteiger partial charge in [0.1, 0.15) is 17.1 Å². The number of hydrogen-bond acceptors (Lipinski definition) is 5. The number of allylic oxidation sites excluding steroid dienone is 1. The zero-order valence-corrected chi connectivity index (χ0v) is 12.2. The van der Waals surface area contributed by atoms with Crippen molar-refractivity contribution in [3.8, 4) is 0 Å². The molecule has 0 saturated carbocycles. The summed E-state index contributed by atoms with van der Waals surface area (Å²) in [5, 5.41) is 4.37. The van der Waals surface area contributed by atoms with Crippen LogP contribution in [0.4, 0.5) is 5.69 Å². The van der Waals surface area contributed by atoms with Crippen molar-refractivity contribution in [2.45, 2.75) is 18.9 Å². The first-order valence-corrected chi connectivity index (χ1v) is 7.39. The molecule has 7 heteroatoms. The molecule has 4 nitrogen and oxygen atoms in total. The summed E-state index contributed by atoms with van der Waals surface area (Å²) in [4.78, 5) is 0.